The molecule has 2 aromatic rings. The summed E-state index contributed by atoms with van der Waals surface area (Å²) in [5.74, 6) is -0.453. The van der Waals surface area contributed by atoms with Gasteiger partial charge in [-0.1, -0.05) is 68.3 Å². The van der Waals surface area contributed by atoms with Gasteiger partial charge in [0.05, 0.1) is 12.2 Å². The second kappa shape index (κ2) is 8.22. The Balaban J connectivity index is 2.04. The molecule has 0 heterocycles. The van der Waals surface area contributed by atoms with Gasteiger partial charge in [-0.25, -0.2) is 4.79 Å². The lowest BCUT2D eigenvalue weighted by Gasteiger charge is -2.08. The van der Waals surface area contributed by atoms with Crippen LogP contribution in [0.3, 0.4) is 0 Å². The van der Waals surface area contributed by atoms with E-state index in [0.717, 1.165) is 30.4 Å². The standard InChI is InChI=1S/C18H20O3/c1-2-3-9-14-20-21-18(19)17-13-8-7-12-16(17)15-10-5-4-6-11-15/h4-8,10-13H,2-3,9,14H2,1H3. The molecule has 2 aromatic carbocycles. The highest BCUT2D eigenvalue weighted by Crippen LogP contribution is 2.24. The lowest BCUT2D eigenvalue weighted by atomic mass is 10.00. The first-order valence-corrected chi connectivity index (χ1v) is 7.31. The molecule has 3 nitrogen and oxygen atoms in total. The van der Waals surface area contributed by atoms with Crippen molar-refractivity contribution in [1.82, 2.24) is 0 Å². The van der Waals surface area contributed by atoms with Gasteiger partial charge in [0.2, 0.25) is 0 Å². The minimum absolute atomic E-state index is 0.438. The van der Waals surface area contributed by atoms with Crippen LogP contribution in [0, 0.1) is 0 Å². The Bertz CT molecular complexity index is 564. The molecule has 21 heavy (non-hydrogen) atoms. The Morgan fingerprint density at radius 3 is 2.43 bits per heavy atom. The van der Waals surface area contributed by atoms with Crippen LogP contribution in [0.25, 0.3) is 11.1 Å². The third-order valence-corrected chi connectivity index (χ3v) is 3.20. The van der Waals surface area contributed by atoms with Crippen molar-refractivity contribution < 1.29 is 14.6 Å². The smallest absolute Gasteiger partial charge is 0.293 e. The summed E-state index contributed by atoms with van der Waals surface area (Å²) in [4.78, 5) is 22.0. The van der Waals surface area contributed by atoms with E-state index < -0.39 is 5.97 Å². The van der Waals surface area contributed by atoms with Gasteiger partial charge in [0.25, 0.3) is 0 Å². The normalized spacial score (nSPS) is 10.3. The SMILES string of the molecule is CCCCCOOC(=O)c1ccccc1-c1ccccc1. The molecule has 0 N–H and O–H groups in total. The van der Waals surface area contributed by atoms with E-state index in [1.165, 1.54) is 0 Å². The molecule has 0 bridgehead atoms. The Kier molecular flexibility index (Phi) is 5.98. The molecule has 2 rings (SSSR count). The van der Waals surface area contributed by atoms with E-state index in [0.29, 0.717) is 12.2 Å². The fourth-order valence-electron chi connectivity index (χ4n) is 2.08. The van der Waals surface area contributed by atoms with Crippen LogP contribution in [-0.2, 0) is 9.78 Å². The van der Waals surface area contributed by atoms with Crippen LogP contribution < -0.4 is 0 Å². The van der Waals surface area contributed by atoms with Gasteiger partial charge in [0.15, 0.2) is 0 Å². The minimum atomic E-state index is -0.453. The van der Waals surface area contributed by atoms with Crippen LogP contribution in [-0.4, -0.2) is 12.6 Å². The van der Waals surface area contributed by atoms with Gasteiger partial charge in [-0.3, -0.25) is 4.89 Å². The first-order valence-electron chi connectivity index (χ1n) is 7.31. The van der Waals surface area contributed by atoms with Gasteiger partial charge >= 0.3 is 5.97 Å². The Morgan fingerprint density at radius 2 is 1.67 bits per heavy atom. The molecule has 0 saturated carbocycles. The lowest BCUT2D eigenvalue weighted by Crippen LogP contribution is -2.08. The lowest BCUT2D eigenvalue weighted by molar-refractivity contribution is -0.241. The molecule has 0 amide bonds. The highest BCUT2D eigenvalue weighted by Gasteiger charge is 2.14. The molecule has 110 valence electrons. The highest BCUT2D eigenvalue weighted by atomic mass is 17.2. The van der Waals surface area contributed by atoms with E-state index in [1.807, 2.05) is 48.5 Å². The van der Waals surface area contributed by atoms with Crippen LogP contribution in [0.2, 0.25) is 0 Å². The van der Waals surface area contributed by atoms with Crippen molar-refractivity contribution in [3.05, 3.63) is 60.2 Å². The first kappa shape index (κ1) is 15.3. The van der Waals surface area contributed by atoms with Crippen molar-refractivity contribution in [2.24, 2.45) is 0 Å². The molecule has 0 fully saturated rings. The predicted molar refractivity (Wildman–Crippen MR) is 82.8 cm³/mol. The molecule has 0 aliphatic carbocycles. The monoisotopic (exact) mass is 284 g/mol. The zero-order valence-corrected chi connectivity index (χ0v) is 12.2. The number of hydrogen-bond donors (Lipinski definition) is 0. The number of hydrogen-bond acceptors (Lipinski definition) is 3. The van der Waals surface area contributed by atoms with Crippen LogP contribution in [0.1, 0.15) is 36.5 Å². The summed E-state index contributed by atoms with van der Waals surface area (Å²) in [6.45, 7) is 2.55. The number of carbonyl (C=O) groups is 1. The Labute approximate surface area is 125 Å². The van der Waals surface area contributed by atoms with E-state index in [4.69, 9.17) is 9.78 Å². The van der Waals surface area contributed by atoms with Gasteiger partial charge in [-0.15, -0.1) is 0 Å². The fourth-order valence-corrected chi connectivity index (χ4v) is 2.08. The van der Waals surface area contributed by atoms with Crippen LogP contribution >= 0.6 is 0 Å². The summed E-state index contributed by atoms with van der Waals surface area (Å²) >= 11 is 0. The summed E-state index contributed by atoms with van der Waals surface area (Å²) in [7, 11) is 0. The van der Waals surface area contributed by atoms with E-state index in [2.05, 4.69) is 6.92 Å². The Morgan fingerprint density at radius 1 is 0.952 bits per heavy atom. The quantitative estimate of drug-likeness (QED) is 0.422. The van der Waals surface area contributed by atoms with Gasteiger partial charge in [0, 0.05) is 0 Å². The zero-order valence-electron chi connectivity index (χ0n) is 12.2. The van der Waals surface area contributed by atoms with Gasteiger partial charge in [-0.2, -0.15) is 4.89 Å². The number of benzene rings is 2. The van der Waals surface area contributed by atoms with E-state index in [-0.39, 0.29) is 0 Å². The minimum Gasteiger partial charge on any atom is -0.293 e. The molecule has 0 aromatic heterocycles. The van der Waals surface area contributed by atoms with Gasteiger partial charge in [-0.05, 0) is 23.6 Å². The molecule has 0 radical (unpaired) electrons. The van der Waals surface area contributed by atoms with Crippen LogP contribution in [0.4, 0.5) is 0 Å². The van der Waals surface area contributed by atoms with Crippen LogP contribution in [0.5, 0.6) is 0 Å². The van der Waals surface area contributed by atoms with Crippen molar-refractivity contribution in [2.45, 2.75) is 26.2 Å². The van der Waals surface area contributed by atoms with Gasteiger partial charge < -0.3 is 0 Å². The second-order valence-corrected chi connectivity index (χ2v) is 4.81. The molecule has 3 heteroatoms. The first-order chi connectivity index (χ1) is 10.3. The maximum Gasteiger partial charge on any atom is 0.373 e. The number of unbranched alkanes of at least 4 members (excludes halogenated alkanes) is 2. The van der Waals surface area contributed by atoms with E-state index in [1.54, 1.807) is 6.07 Å². The summed E-state index contributed by atoms with van der Waals surface area (Å²) in [5.41, 5.74) is 2.34. The van der Waals surface area contributed by atoms with Crippen molar-refractivity contribution in [1.29, 1.82) is 0 Å². The maximum atomic E-state index is 12.1. The molecule has 0 saturated heterocycles. The molecular weight excluding hydrogens is 264 g/mol. The maximum absolute atomic E-state index is 12.1. The zero-order chi connectivity index (χ0) is 14.9. The third kappa shape index (κ3) is 4.43. The van der Waals surface area contributed by atoms with Crippen molar-refractivity contribution >= 4 is 5.97 Å². The fraction of sp³-hybridized carbons (Fsp3) is 0.278. The molecule has 0 aliphatic rings. The average Bonchev–Trinajstić information content (AvgIpc) is 2.55. The average molecular weight is 284 g/mol. The second-order valence-electron chi connectivity index (χ2n) is 4.81. The third-order valence-electron chi connectivity index (χ3n) is 3.20. The molecule has 0 unspecified atom stereocenters. The van der Waals surface area contributed by atoms with Crippen molar-refractivity contribution in [2.75, 3.05) is 6.61 Å². The van der Waals surface area contributed by atoms with Crippen LogP contribution in [0.15, 0.2) is 54.6 Å². The molecular formula is C18H20O3. The summed E-state index contributed by atoms with van der Waals surface area (Å²) in [6, 6.07) is 17.1. The predicted octanol–water partition coefficient (Wildman–Crippen LogP) is 4.63. The number of carbonyl (C=O) groups excluding carboxylic acids is 1. The van der Waals surface area contributed by atoms with Crippen molar-refractivity contribution in [3.8, 4) is 11.1 Å². The molecule has 0 aliphatic heterocycles. The topological polar surface area (TPSA) is 35.5 Å². The summed E-state index contributed by atoms with van der Waals surface area (Å²) < 4.78 is 0. The summed E-state index contributed by atoms with van der Waals surface area (Å²) in [5, 5.41) is 0. The highest BCUT2D eigenvalue weighted by molar-refractivity contribution is 5.96. The Hall–Kier alpha value is -2.13. The van der Waals surface area contributed by atoms with Crippen molar-refractivity contribution in [3.63, 3.8) is 0 Å². The van der Waals surface area contributed by atoms with E-state index >= 15 is 0 Å². The summed E-state index contributed by atoms with van der Waals surface area (Å²) in [6.07, 6.45) is 3.07. The largest absolute Gasteiger partial charge is 0.373 e. The molecule has 0 atom stereocenters. The molecule has 0 spiro atoms. The number of rotatable bonds is 7. The van der Waals surface area contributed by atoms with Gasteiger partial charge in [0.1, 0.15) is 0 Å². The van der Waals surface area contributed by atoms with E-state index in [9.17, 15) is 4.79 Å².